The first kappa shape index (κ1) is 14.7. The van der Waals surface area contributed by atoms with Crippen molar-refractivity contribution in [2.24, 2.45) is 0 Å². The van der Waals surface area contributed by atoms with E-state index in [1.54, 1.807) is 12.3 Å². The van der Waals surface area contributed by atoms with E-state index in [0.29, 0.717) is 11.4 Å². The molecule has 0 aliphatic heterocycles. The number of pyridine rings is 1. The first-order chi connectivity index (χ1) is 9.10. The Morgan fingerprint density at radius 2 is 2.32 bits per heavy atom. The van der Waals surface area contributed by atoms with Crippen molar-refractivity contribution in [1.82, 2.24) is 10.3 Å². The van der Waals surface area contributed by atoms with E-state index in [0.717, 1.165) is 17.6 Å². The van der Waals surface area contributed by atoms with Gasteiger partial charge in [0.05, 0.1) is 5.56 Å². The number of hydrogen-bond acceptors (Lipinski definition) is 4. The molecule has 0 aromatic carbocycles. The van der Waals surface area contributed by atoms with Gasteiger partial charge in [-0.3, -0.25) is 4.79 Å². The van der Waals surface area contributed by atoms with Crippen LogP contribution in [-0.4, -0.2) is 35.0 Å². The molecule has 1 aliphatic rings. The van der Waals surface area contributed by atoms with E-state index in [-0.39, 0.29) is 10.7 Å². The summed E-state index contributed by atoms with van der Waals surface area (Å²) in [6.07, 6.45) is 6.17. The fourth-order valence-electron chi connectivity index (χ4n) is 1.85. The Balaban J connectivity index is 2.07. The third kappa shape index (κ3) is 3.63. The van der Waals surface area contributed by atoms with E-state index in [9.17, 15) is 4.79 Å². The number of anilines is 1. The molecule has 1 fully saturated rings. The molecule has 1 heterocycles. The van der Waals surface area contributed by atoms with Crippen LogP contribution in [0.15, 0.2) is 16.7 Å². The maximum Gasteiger partial charge on any atom is 0.255 e. The SMILES string of the molecule is CCNc1ncc(Br)cc1C(=O)NCC1(SC)CC1. The first-order valence-corrected chi connectivity index (χ1v) is 8.35. The summed E-state index contributed by atoms with van der Waals surface area (Å²) in [6, 6.07) is 1.80. The summed E-state index contributed by atoms with van der Waals surface area (Å²) < 4.78 is 1.08. The van der Waals surface area contributed by atoms with Gasteiger partial charge in [0.1, 0.15) is 5.82 Å². The van der Waals surface area contributed by atoms with Crippen LogP contribution in [0.2, 0.25) is 0 Å². The molecule has 1 saturated carbocycles. The number of thioether (sulfide) groups is 1. The highest BCUT2D eigenvalue weighted by Crippen LogP contribution is 2.46. The van der Waals surface area contributed by atoms with E-state index in [2.05, 4.69) is 37.8 Å². The topological polar surface area (TPSA) is 54.0 Å². The maximum atomic E-state index is 12.3. The zero-order valence-electron chi connectivity index (χ0n) is 11.1. The lowest BCUT2D eigenvalue weighted by molar-refractivity contribution is 0.0953. The Morgan fingerprint density at radius 3 is 2.89 bits per heavy atom. The average Bonchev–Trinajstić information content (AvgIpc) is 3.19. The van der Waals surface area contributed by atoms with Crippen molar-refractivity contribution >= 4 is 39.4 Å². The summed E-state index contributed by atoms with van der Waals surface area (Å²) >= 11 is 5.20. The van der Waals surface area contributed by atoms with E-state index in [1.165, 1.54) is 12.8 Å². The Hall–Kier alpha value is -0.750. The maximum absolute atomic E-state index is 12.3. The fraction of sp³-hybridized carbons (Fsp3) is 0.538. The van der Waals surface area contributed by atoms with Gasteiger partial charge in [-0.15, -0.1) is 0 Å². The van der Waals surface area contributed by atoms with Crippen molar-refractivity contribution < 1.29 is 4.79 Å². The lowest BCUT2D eigenvalue weighted by atomic mass is 10.2. The highest BCUT2D eigenvalue weighted by molar-refractivity contribution is 9.10. The van der Waals surface area contributed by atoms with E-state index in [4.69, 9.17) is 0 Å². The Kier molecular flexibility index (Phi) is 4.73. The second-order valence-electron chi connectivity index (χ2n) is 4.65. The van der Waals surface area contributed by atoms with Gasteiger partial charge >= 0.3 is 0 Å². The quantitative estimate of drug-likeness (QED) is 0.833. The van der Waals surface area contributed by atoms with Crippen molar-refractivity contribution in [2.45, 2.75) is 24.5 Å². The molecule has 19 heavy (non-hydrogen) atoms. The summed E-state index contributed by atoms with van der Waals surface area (Å²) in [5, 5.41) is 6.13. The van der Waals surface area contributed by atoms with Gasteiger partial charge in [-0.05, 0) is 48.0 Å². The Labute approximate surface area is 126 Å². The van der Waals surface area contributed by atoms with Gasteiger partial charge in [-0.2, -0.15) is 11.8 Å². The molecule has 0 bridgehead atoms. The number of amides is 1. The molecule has 0 radical (unpaired) electrons. The second-order valence-corrected chi connectivity index (χ2v) is 6.84. The van der Waals surface area contributed by atoms with Crippen LogP contribution in [-0.2, 0) is 0 Å². The molecule has 0 atom stereocenters. The van der Waals surface area contributed by atoms with Gasteiger partial charge in [0.2, 0.25) is 0 Å². The standard InChI is InChI=1S/C13H18BrN3OS/c1-3-15-11-10(6-9(14)7-16-11)12(18)17-8-13(19-2)4-5-13/h6-7H,3-5,8H2,1-2H3,(H,15,16)(H,17,18). The molecular weight excluding hydrogens is 326 g/mol. The molecule has 1 aromatic rings. The zero-order valence-corrected chi connectivity index (χ0v) is 13.5. The van der Waals surface area contributed by atoms with Gasteiger partial charge in [-0.1, -0.05) is 0 Å². The number of nitrogens with zero attached hydrogens (tertiary/aromatic N) is 1. The third-order valence-corrected chi connectivity index (χ3v) is 5.11. The van der Waals surface area contributed by atoms with Crippen LogP contribution < -0.4 is 10.6 Å². The van der Waals surface area contributed by atoms with Crippen molar-refractivity contribution in [1.29, 1.82) is 0 Å². The molecule has 1 aromatic heterocycles. The number of carbonyl (C=O) groups excluding carboxylic acids is 1. The monoisotopic (exact) mass is 343 g/mol. The predicted octanol–water partition coefficient (Wildman–Crippen LogP) is 2.90. The number of hydrogen-bond donors (Lipinski definition) is 2. The van der Waals surface area contributed by atoms with Crippen LogP contribution >= 0.6 is 27.7 Å². The zero-order chi connectivity index (χ0) is 13.9. The van der Waals surface area contributed by atoms with E-state index < -0.39 is 0 Å². The summed E-state index contributed by atoms with van der Waals surface area (Å²) in [4.78, 5) is 16.5. The van der Waals surface area contributed by atoms with Gasteiger partial charge in [0, 0.05) is 28.5 Å². The van der Waals surface area contributed by atoms with Crippen molar-refractivity contribution in [3.8, 4) is 0 Å². The smallest absolute Gasteiger partial charge is 0.255 e. The summed E-state index contributed by atoms with van der Waals surface area (Å²) in [7, 11) is 0. The van der Waals surface area contributed by atoms with Crippen LogP contribution in [0, 0.1) is 0 Å². The highest BCUT2D eigenvalue weighted by atomic mass is 79.9. The lowest BCUT2D eigenvalue weighted by Gasteiger charge is -2.14. The van der Waals surface area contributed by atoms with Crippen molar-refractivity contribution in [3.05, 3.63) is 22.3 Å². The molecule has 6 heteroatoms. The minimum absolute atomic E-state index is 0.0647. The molecule has 2 rings (SSSR count). The molecule has 0 spiro atoms. The van der Waals surface area contributed by atoms with Gasteiger partial charge in [0.25, 0.3) is 5.91 Å². The second kappa shape index (κ2) is 6.13. The van der Waals surface area contributed by atoms with Crippen LogP contribution in [0.1, 0.15) is 30.1 Å². The average molecular weight is 344 g/mol. The highest BCUT2D eigenvalue weighted by Gasteiger charge is 2.42. The van der Waals surface area contributed by atoms with E-state index in [1.807, 2.05) is 18.7 Å². The number of carbonyl (C=O) groups is 1. The molecule has 1 amide bonds. The molecule has 104 valence electrons. The molecular formula is C13H18BrN3OS. The minimum atomic E-state index is -0.0647. The molecule has 4 nitrogen and oxygen atoms in total. The molecule has 0 saturated heterocycles. The summed E-state index contributed by atoms with van der Waals surface area (Å²) in [6.45, 7) is 3.45. The third-order valence-electron chi connectivity index (χ3n) is 3.25. The number of halogens is 1. The largest absolute Gasteiger partial charge is 0.370 e. The molecule has 2 N–H and O–H groups in total. The van der Waals surface area contributed by atoms with E-state index >= 15 is 0 Å². The number of rotatable bonds is 6. The molecule has 0 unspecified atom stereocenters. The Bertz CT molecular complexity index is 477. The summed E-state index contributed by atoms with van der Waals surface area (Å²) in [5.41, 5.74) is 0.591. The Morgan fingerprint density at radius 1 is 1.58 bits per heavy atom. The predicted molar refractivity (Wildman–Crippen MR) is 83.9 cm³/mol. The minimum Gasteiger partial charge on any atom is -0.370 e. The normalized spacial score (nSPS) is 15.9. The van der Waals surface area contributed by atoms with Crippen molar-refractivity contribution in [2.75, 3.05) is 24.7 Å². The molecule has 1 aliphatic carbocycles. The van der Waals surface area contributed by atoms with Crippen molar-refractivity contribution in [3.63, 3.8) is 0 Å². The lowest BCUT2D eigenvalue weighted by Crippen LogP contribution is -2.32. The van der Waals surface area contributed by atoms with Crippen LogP contribution in [0.3, 0.4) is 0 Å². The van der Waals surface area contributed by atoms with Gasteiger partial charge in [-0.25, -0.2) is 4.98 Å². The number of nitrogens with one attached hydrogen (secondary N) is 2. The van der Waals surface area contributed by atoms with Crippen LogP contribution in [0.25, 0.3) is 0 Å². The first-order valence-electron chi connectivity index (χ1n) is 6.33. The van der Waals surface area contributed by atoms with Crippen LogP contribution in [0.5, 0.6) is 0 Å². The van der Waals surface area contributed by atoms with Crippen LogP contribution in [0.4, 0.5) is 5.82 Å². The van der Waals surface area contributed by atoms with Gasteiger partial charge < -0.3 is 10.6 Å². The fourth-order valence-corrected chi connectivity index (χ4v) is 2.91. The summed E-state index contributed by atoms with van der Waals surface area (Å²) in [5.74, 6) is 0.572. The van der Waals surface area contributed by atoms with Gasteiger partial charge in [0.15, 0.2) is 0 Å². The number of aromatic nitrogens is 1.